The second kappa shape index (κ2) is 10.6. The average Bonchev–Trinajstić information content (AvgIpc) is 3.12. The molecule has 0 saturated carbocycles. The zero-order valence-corrected chi connectivity index (χ0v) is 15.4. The number of methoxy groups -OCH3 is 1. The first kappa shape index (κ1) is 19.9. The Kier molecular flexibility index (Phi) is 8.08. The maximum atomic E-state index is 11.8. The Morgan fingerprint density at radius 1 is 1.15 bits per heavy atom. The highest BCUT2D eigenvalue weighted by atomic mass is 35.5. The Labute approximate surface area is 157 Å². The molecule has 0 unspecified atom stereocenters. The lowest BCUT2D eigenvalue weighted by Crippen LogP contribution is -2.24. The number of carbonyl (C=O) groups is 2. The van der Waals surface area contributed by atoms with Crippen molar-refractivity contribution >= 4 is 23.5 Å². The predicted octanol–water partition coefficient (Wildman–Crippen LogP) is 3.17. The third kappa shape index (κ3) is 6.84. The smallest absolute Gasteiger partial charge is 0.305 e. The van der Waals surface area contributed by atoms with Crippen molar-refractivity contribution in [2.45, 2.75) is 38.5 Å². The summed E-state index contributed by atoms with van der Waals surface area (Å²) in [5.74, 6) is 0.627. The van der Waals surface area contributed by atoms with Crippen LogP contribution in [0.1, 0.15) is 38.0 Å². The van der Waals surface area contributed by atoms with Crippen LogP contribution < -0.4 is 5.32 Å². The average molecular weight is 380 g/mol. The molecule has 1 amide bonds. The van der Waals surface area contributed by atoms with Crippen molar-refractivity contribution in [3.05, 3.63) is 35.2 Å². The van der Waals surface area contributed by atoms with E-state index in [4.69, 9.17) is 16.1 Å². The molecule has 0 aliphatic rings. The molecule has 2 rings (SSSR count). The molecule has 0 fully saturated rings. The summed E-state index contributed by atoms with van der Waals surface area (Å²) in [4.78, 5) is 27.1. The molecule has 2 aromatic rings. The Balaban J connectivity index is 1.63. The number of aromatic nitrogens is 2. The van der Waals surface area contributed by atoms with Gasteiger partial charge in [-0.15, -0.1) is 0 Å². The van der Waals surface area contributed by atoms with Gasteiger partial charge in [-0.3, -0.25) is 9.59 Å². The second-order valence-corrected chi connectivity index (χ2v) is 6.19. The largest absolute Gasteiger partial charge is 0.469 e. The van der Waals surface area contributed by atoms with Gasteiger partial charge in [-0.25, -0.2) is 0 Å². The number of aryl methyl sites for hydroxylation is 1. The van der Waals surface area contributed by atoms with Gasteiger partial charge in [0.15, 0.2) is 0 Å². The van der Waals surface area contributed by atoms with Crippen molar-refractivity contribution in [3.8, 4) is 11.4 Å². The molecule has 1 N–H and O–H groups in total. The summed E-state index contributed by atoms with van der Waals surface area (Å²) in [7, 11) is 1.38. The van der Waals surface area contributed by atoms with E-state index in [2.05, 4.69) is 20.2 Å². The van der Waals surface area contributed by atoms with Gasteiger partial charge in [0.05, 0.1) is 7.11 Å². The van der Waals surface area contributed by atoms with Gasteiger partial charge in [-0.2, -0.15) is 4.98 Å². The zero-order valence-electron chi connectivity index (χ0n) is 14.7. The molecule has 8 heteroatoms. The number of nitrogens with zero attached hydrogens (tertiary/aromatic N) is 2. The van der Waals surface area contributed by atoms with E-state index in [1.165, 1.54) is 7.11 Å². The molecule has 0 atom stereocenters. The van der Waals surface area contributed by atoms with Crippen molar-refractivity contribution in [2.24, 2.45) is 0 Å². The molecule has 1 heterocycles. The van der Waals surface area contributed by atoms with Crippen LogP contribution in [0.25, 0.3) is 11.4 Å². The number of amides is 1. The van der Waals surface area contributed by atoms with E-state index in [1.807, 2.05) is 12.1 Å². The van der Waals surface area contributed by atoms with E-state index in [9.17, 15) is 9.59 Å². The number of ether oxygens (including phenoxy) is 1. The Hall–Kier alpha value is -2.41. The van der Waals surface area contributed by atoms with E-state index in [0.29, 0.717) is 36.1 Å². The van der Waals surface area contributed by atoms with Crippen LogP contribution in [0.5, 0.6) is 0 Å². The van der Waals surface area contributed by atoms with Crippen molar-refractivity contribution in [3.63, 3.8) is 0 Å². The van der Waals surface area contributed by atoms with Gasteiger partial charge in [0.1, 0.15) is 0 Å². The predicted molar refractivity (Wildman–Crippen MR) is 96.6 cm³/mol. The summed E-state index contributed by atoms with van der Waals surface area (Å²) < 4.78 is 9.74. The molecule has 0 bridgehead atoms. The third-order valence-corrected chi connectivity index (χ3v) is 4.00. The van der Waals surface area contributed by atoms with Gasteiger partial charge in [-0.1, -0.05) is 23.2 Å². The first-order valence-electron chi connectivity index (χ1n) is 8.50. The first-order chi connectivity index (χ1) is 12.6. The fraction of sp³-hybridized carbons (Fsp3) is 0.444. The lowest BCUT2D eigenvalue weighted by Gasteiger charge is -2.04. The molecule has 7 nitrogen and oxygen atoms in total. The molecule has 1 aromatic carbocycles. The molecule has 0 saturated heterocycles. The minimum Gasteiger partial charge on any atom is -0.469 e. The van der Waals surface area contributed by atoms with Crippen LogP contribution in [0.15, 0.2) is 28.8 Å². The molecular formula is C18H22ClN3O4. The lowest BCUT2D eigenvalue weighted by atomic mass is 10.2. The number of carbonyl (C=O) groups excluding carboxylic acids is 2. The van der Waals surface area contributed by atoms with Gasteiger partial charge >= 0.3 is 5.97 Å². The monoisotopic (exact) mass is 379 g/mol. The van der Waals surface area contributed by atoms with Gasteiger partial charge in [0, 0.05) is 36.4 Å². The number of unbranched alkanes of at least 4 members (excludes halogenated alkanes) is 2. The van der Waals surface area contributed by atoms with Crippen LogP contribution in [0.4, 0.5) is 0 Å². The molecular weight excluding hydrogens is 358 g/mol. The molecule has 0 spiro atoms. The summed E-state index contributed by atoms with van der Waals surface area (Å²) in [6, 6.07) is 7.13. The van der Waals surface area contributed by atoms with E-state index >= 15 is 0 Å². The quantitative estimate of drug-likeness (QED) is 0.503. The molecule has 140 valence electrons. The number of hydrogen-bond donors (Lipinski definition) is 1. The summed E-state index contributed by atoms with van der Waals surface area (Å²) >= 11 is 5.85. The second-order valence-electron chi connectivity index (χ2n) is 5.76. The zero-order chi connectivity index (χ0) is 18.8. The summed E-state index contributed by atoms with van der Waals surface area (Å²) in [5, 5.41) is 7.39. The summed E-state index contributed by atoms with van der Waals surface area (Å²) in [6.07, 6.45) is 3.53. The molecule has 0 aliphatic heterocycles. The molecule has 26 heavy (non-hydrogen) atoms. The van der Waals surface area contributed by atoms with Crippen LogP contribution in [0.2, 0.25) is 5.02 Å². The van der Waals surface area contributed by atoms with Crippen LogP contribution in [0, 0.1) is 0 Å². The number of rotatable bonds is 10. The van der Waals surface area contributed by atoms with Gasteiger partial charge in [0.25, 0.3) is 0 Å². The minimum atomic E-state index is -0.202. The lowest BCUT2D eigenvalue weighted by molar-refractivity contribution is -0.140. The number of benzene rings is 1. The fourth-order valence-electron chi connectivity index (χ4n) is 2.28. The highest BCUT2D eigenvalue weighted by molar-refractivity contribution is 6.30. The number of nitrogens with one attached hydrogen (secondary N) is 1. The number of hydrogen-bond acceptors (Lipinski definition) is 6. The molecule has 0 aliphatic carbocycles. The Morgan fingerprint density at radius 3 is 2.65 bits per heavy atom. The minimum absolute atomic E-state index is 0.0655. The normalized spacial score (nSPS) is 10.5. The van der Waals surface area contributed by atoms with Crippen LogP contribution >= 0.6 is 11.6 Å². The van der Waals surface area contributed by atoms with E-state index in [1.54, 1.807) is 12.1 Å². The fourth-order valence-corrected chi connectivity index (χ4v) is 2.41. The van der Waals surface area contributed by atoms with Crippen molar-refractivity contribution in [1.29, 1.82) is 0 Å². The summed E-state index contributed by atoms with van der Waals surface area (Å²) in [5.41, 5.74) is 0.806. The van der Waals surface area contributed by atoms with Gasteiger partial charge in [0.2, 0.25) is 17.6 Å². The van der Waals surface area contributed by atoms with Crippen LogP contribution in [0.3, 0.4) is 0 Å². The van der Waals surface area contributed by atoms with Crippen molar-refractivity contribution < 1.29 is 18.8 Å². The van der Waals surface area contributed by atoms with Gasteiger partial charge in [-0.05, 0) is 37.1 Å². The number of esters is 1. The van der Waals surface area contributed by atoms with E-state index in [0.717, 1.165) is 24.8 Å². The summed E-state index contributed by atoms with van der Waals surface area (Å²) in [6.45, 7) is 0.583. The standard InChI is InChI=1S/C18H22ClN3O4/c1-25-17(24)5-3-2-4-12-20-15(23)10-11-16-21-18(22-26-16)13-6-8-14(19)9-7-13/h6-9H,2-5,10-12H2,1H3,(H,20,23). The Morgan fingerprint density at radius 2 is 1.92 bits per heavy atom. The van der Waals surface area contributed by atoms with E-state index < -0.39 is 0 Å². The number of halogens is 1. The maximum absolute atomic E-state index is 11.8. The third-order valence-electron chi connectivity index (χ3n) is 3.74. The topological polar surface area (TPSA) is 94.3 Å². The SMILES string of the molecule is COC(=O)CCCCCNC(=O)CCc1nc(-c2ccc(Cl)cc2)no1. The van der Waals surface area contributed by atoms with E-state index in [-0.39, 0.29) is 18.3 Å². The Bertz CT molecular complexity index is 715. The van der Waals surface area contributed by atoms with Crippen molar-refractivity contribution in [2.75, 3.05) is 13.7 Å². The highest BCUT2D eigenvalue weighted by Gasteiger charge is 2.10. The first-order valence-corrected chi connectivity index (χ1v) is 8.88. The highest BCUT2D eigenvalue weighted by Crippen LogP contribution is 2.18. The van der Waals surface area contributed by atoms with Crippen LogP contribution in [-0.2, 0) is 20.7 Å². The molecule has 1 aromatic heterocycles. The van der Waals surface area contributed by atoms with Crippen LogP contribution in [-0.4, -0.2) is 35.7 Å². The maximum Gasteiger partial charge on any atom is 0.305 e. The molecule has 0 radical (unpaired) electrons. The van der Waals surface area contributed by atoms with Crippen molar-refractivity contribution in [1.82, 2.24) is 15.5 Å². The van der Waals surface area contributed by atoms with Gasteiger partial charge < -0.3 is 14.6 Å².